The van der Waals surface area contributed by atoms with Crippen molar-refractivity contribution < 1.29 is 14.8 Å². The smallest absolute Gasteiger partial charge is 0.0865 e. The number of hydrogen-bond acceptors (Lipinski definition) is 4. The van der Waals surface area contributed by atoms with Crippen molar-refractivity contribution in [1.82, 2.24) is 0 Å². The molecule has 17 heavy (non-hydrogen) atoms. The third-order valence-corrected chi connectivity index (χ3v) is 2.61. The molecule has 0 amide bonds. The van der Waals surface area contributed by atoms with Crippen molar-refractivity contribution in [3.63, 3.8) is 0 Å². The molecular formula is C13H29NO3. The summed E-state index contributed by atoms with van der Waals surface area (Å²) in [7, 11) is 0. The van der Waals surface area contributed by atoms with Gasteiger partial charge in [0.15, 0.2) is 0 Å². The summed E-state index contributed by atoms with van der Waals surface area (Å²) in [4.78, 5) is 9.61. The average molecular weight is 247 g/mol. The predicted molar refractivity (Wildman–Crippen MR) is 69.3 cm³/mol. The lowest BCUT2D eigenvalue weighted by Gasteiger charge is -2.03. The molecule has 4 nitrogen and oxygen atoms in total. The van der Waals surface area contributed by atoms with E-state index < -0.39 is 0 Å². The van der Waals surface area contributed by atoms with Gasteiger partial charge in [-0.15, -0.1) is 0 Å². The van der Waals surface area contributed by atoms with E-state index in [4.69, 9.17) is 15.5 Å². The molecule has 0 spiro atoms. The zero-order chi connectivity index (χ0) is 12.6. The molecule has 0 radical (unpaired) electrons. The molecule has 0 saturated heterocycles. The predicted octanol–water partition coefficient (Wildman–Crippen LogP) is 3.36. The van der Waals surface area contributed by atoms with Gasteiger partial charge in [-0.3, -0.25) is 0 Å². The maximum absolute atomic E-state index is 5.29. The minimum atomic E-state index is 0.494. The van der Waals surface area contributed by atoms with Crippen LogP contribution in [0, 0.1) is 0 Å². The summed E-state index contributed by atoms with van der Waals surface area (Å²) in [6.45, 7) is 3.96. The average Bonchev–Trinajstić information content (AvgIpc) is 2.35. The minimum absolute atomic E-state index is 0.494. The van der Waals surface area contributed by atoms with Gasteiger partial charge >= 0.3 is 0 Å². The molecular weight excluding hydrogens is 218 g/mol. The molecule has 0 rings (SSSR count). The third kappa shape index (κ3) is 15.8. The molecule has 0 aromatic carbocycles. The van der Waals surface area contributed by atoms with Crippen LogP contribution in [0.3, 0.4) is 0 Å². The Balaban J connectivity index is 2.85. The van der Waals surface area contributed by atoms with Crippen LogP contribution in [-0.2, 0) is 14.8 Å². The summed E-state index contributed by atoms with van der Waals surface area (Å²) < 4.78 is 0. The van der Waals surface area contributed by atoms with Gasteiger partial charge in [0.05, 0.1) is 13.2 Å². The summed E-state index contributed by atoms with van der Waals surface area (Å²) >= 11 is 0. The lowest BCUT2D eigenvalue weighted by Crippen LogP contribution is -2.05. The van der Waals surface area contributed by atoms with Crippen molar-refractivity contribution >= 4 is 0 Å². The number of unbranched alkanes of at least 4 members (excludes halogenated alkanes) is 7. The number of hydrogen-bond donors (Lipinski definition) is 1. The van der Waals surface area contributed by atoms with E-state index in [-0.39, 0.29) is 0 Å². The maximum atomic E-state index is 5.29. The Bertz CT molecular complexity index is 120. The van der Waals surface area contributed by atoms with E-state index in [1.54, 1.807) is 0 Å². The zero-order valence-corrected chi connectivity index (χ0v) is 11.3. The Labute approximate surface area is 106 Å². The highest BCUT2D eigenvalue weighted by molar-refractivity contribution is 4.45. The quantitative estimate of drug-likeness (QED) is 0.290. The second-order valence-corrected chi connectivity index (χ2v) is 4.33. The highest BCUT2D eigenvalue weighted by Gasteiger charge is 1.93. The van der Waals surface area contributed by atoms with Gasteiger partial charge in [0.25, 0.3) is 0 Å². The first-order valence-corrected chi connectivity index (χ1v) is 7.03. The van der Waals surface area contributed by atoms with Crippen LogP contribution in [0.25, 0.3) is 0 Å². The monoisotopic (exact) mass is 247 g/mol. The van der Waals surface area contributed by atoms with Crippen molar-refractivity contribution in [2.45, 2.75) is 64.7 Å². The lowest BCUT2D eigenvalue weighted by molar-refractivity contribution is -0.512. The number of rotatable bonds is 14. The number of nitrogens with two attached hydrogens (primary N) is 1. The van der Waals surface area contributed by atoms with Crippen LogP contribution in [0.4, 0.5) is 0 Å². The zero-order valence-electron chi connectivity index (χ0n) is 11.3. The molecule has 0 aliphatic carbocycles. The standard InChI is InChI=1S/C13H29NO3/c1-2-3-4-5-6-7-8-9-12-15-17-16-13-10-11-14/h2-14H2,1H3. The summed E-state index contributed by atoms with van der Waals surface area (Å²) in [5.74, 6) is 0. The van der Waals surface area contributed by atoms with Crippen LogP contribution >= 0.6 is 0 Å². The van der Waals surface area contributed by atoms with Gasteiger partial charge in [0.1, 0.15) is 0 Å². The fourth-order valence-corrected chi connectivity index (χ4v) is 1.54. The molecule has 4 heteroatoms. The normalized spacial score (nSPS) is 10.9. The third-order valence-electron chi connectivity index (χ3n) is 2.61. The maximum Gasteiger partial charge on any atom is 0.0865 e. The van der Waals surface area contributed by atoms with Crippen molar-refractivity contribution in [2.75, 3.05) is 19.8 Å². The summed E-state index contributed by atoms with van der Waals surface area (Å²) in [5.41, 5.74) is 5.29. The van der Waals surface area contributed by atoms with Crippen LogP contribution in [0.15, 0.2) is 0 Å². The van der Waals surface area contributed by atoms with E-state index in [1.807, 2.05) is 0 Å². The molecule has 0 aromatic rings. The Kier molecular flexibility index (Phi) is 15.7. The van der Waals surface area contributed by atoms with E-state index >= 15 is 0 Å². The molecule has 104 valence electrons. The summed E-state index contributed by atoms with van der Waals surface area (Å²) in [5, 5.41) is 4.54. The van der Waals surface area contributed by atoms with Gasteiger partial charge in [-0.1, -0.05) is 56.9 Å². The van der Waals surface area contributed by atoms with E-state index in [0.29, 0.717) is 19.8 Å². The fraction of sp³-hybridized carbons (Fsp3) is 1.00. The van der Waals surface area contributed by atoms with Gasteiger partial charge < -0.3 is 5.73 Å². The van der Waals surface area contributed by atoms with E-state index in [0.717, 1.165) is 12.8 Å². The second kappa shape index (κ2) is 15.8. The molecule has 0 saturated carbocycles. The van der Waals surface area contributed by atoms with Gasteiger partial charge in [-0.25, -0.2) is 9.78 Å². The van der Waals surface area contributed by atoms with E-state index in [9.17, 15) is 0 Å². The van der Waals surface area contributed by atoms with Crippen molar-refractivity contribution in [1.29, 1.82) is 0 Å². The van der Waals surface area contributed by atoms with E-state index in [1.165, 1.54) is 44.9 Å². The topological polar surface area (TPSA) is 53.7 Å². The van der Waals surface area contributed by atoms with Crippen LogP contribution in [0.1, 0.15) is 64.7 Å². The fourth-order valence-electron chi connectivity index (χ4n) is 1.54. The highest BCUT2D eigenvalue weighted by atomic mass is 17.5. The first-order chi connectivity index (χ1) is 8.41. The molecule has 0 bridgehead atoms. The molecule has 0 heterocycles. The van der Waals surface area contributed by atoms with Gasteiger partial charge in [0, 0.05) is 0 Å². The van der Waals surface area contributed by atoms with Crippen LogP contribution in [0.5, 0.6) is 0 Å². The molecule has 0 atom stereocenters. The van der Waals surface area contributed by atoms with Crippen LogP contribution < -0.4 is 5.73 Å². The second-order valence-electron chi connectivity index (χ2n) is 4.33. The van der Waals surface area contributed by atoms with Crippen LogP contribution in [-0.4, -0.2) is 19.8 Å². The minimum Gasteiger partial charge on any atom is -0.330 e. The van der Waals surface area contributed by atoms with Crippen LogP contribution in [0.2, 0.25) is 0 Å². The first-order valence-electron chi connectivity index (χ1n) is 7.03. The van der Waals surface area contributed by atoms with Crippen molar-refractivity contribution in [2.24, 2.45) is 5.73 Å². The lowest BCUT2D eigenvalue weighted by atomic mass is 10.1. The molecule has 0 fully saturated rings. The first kappa shape index (κ1) is 16.8. The van der Waals surface area contributed by atoms with Gasteiger partial charge in [-0.05, 0) is 19.4 Å². The SMILES string of the molecule is CCCCCCCCCCOOOCCCN. The molecule has 0 aliphatic rings. The molecule has 0 aliphatic heterocycles. The Morgan fingerprint density at radius 2 is 1.24 bits per heavy atom. The summed E-state index contributed by atoms with van der Waals surface area (Å²) in [6.07, 6.45) is 11.1. The van der Waals surface area contributed by atoms with Gasteiger partial charge in [0.2, 0.25) is 0 Å². The largest absolute Gasteiger partial charge is 0.330 e. The summed E-state index contributed by atoms with van der Waals surface area (Å²) in [6, 6.07) is 0. The molecule has 0 aromatic heterocycles. The molecule has 0 unspecified atom stereocenters. The molecule has 2 N–H and O–H groups in total. The Hall–Kier alpha value is -0.160. The highest BCUT2D eigenvalue weighted by Crippen LogP contribution is 2.08. The van der Waals surface area contributed by atoms with Gasteiger partial charge in [-0.2, -0.15) is 0 Å². The Morgan fingerprint density at radius 3 is 1.82 bits per heavy atom. The van der Waals surface area contributed by atoms with E-state index in [2.05, 4.69) is 12.0 Å². The van der Waals surface area contributed by atoms with Crippen molar-refractivity contribution in [3.05, 3.63) is 0 Å². The Morgan fingerprint density at radius 1 is 0.706 bits per heavy atom. The van der Waals surface area contributed by atoms with Crippen molar-refractivity contribution in [3.8, 4) is 0 Å².